The quantitative estimate of drug-likeness (QED) is 0.183. The third-order valence-electron chi connectivity index (χ3n) is 12.1. The van der Waals surface area contributed by atoms with Crippen molar-refractivity contribution in [3.63, 3.8) is 0 Å². The first kappa shape index (κ1) is 37.2. The first-order valence-corrected chi connectivity index (χ1v) is 18.9. The van der Waals surface area contributed by atoms with E-state index < -0.39 is 64.7 Å². The van der Waals surface area contributed by atoms with E-state index in [2.05, 4.69) is 10.2 Å². The first-order valence-electron chi connectivity index (χ1n) is 18.1. The maximum Gasteiger partial charge on any atom is 0.573 e. The van der Waals surface area contributed by atoms with Crippen molar-refractivity contribution >= 4 is 52.5 Å². The van der Waals surface area contributed by atoms with Crippen LogP contribution in [0, 0.1) is 23.7 Å². The Hall–Kier alpha value is -4.75. The van der Waals surface area contributed by atoms with Crippen molar-refractivity contribution < 1.29 is 46.9 Å². The predicted octanol–water partition coefficient (Wildman–Crippen LogP) is 7.92. The zero-order valence-electron chi connectivity index (χ0n) is 29.4. The summed E-state index contributed by atoms with van der Waals surface area (Å²) in [7, 11) is 1.46. The number of phenolic OH excluding ortho intramolecular Hbond substituents is 1. The number of alkyl halides is 3. The number of hydrogen-bond acceptors (Lipinski definition) is 8. The van der Waals surface area contributed by atoms with Crippen molar-refractivity contribution in [2.45, 2.75) is 68.7 Å². The summed E-state index contributed by atoms with van der Waals surface area (Å²) in [6.07, 6.45) is 0.895. The number of imide groups is 2. The molecule has 0 bridgehead atoms. The number of benzene rings is 3. The lowest BCUT2D eigenvalue weighted by Crippen LogP contribution is -2.53. The van der Waals surface area contributed by atoms with E-state index in [1.807, 2.05) is 0 Å². The number of nitrogens with zero attached hydrogens (tertiary/aromatic N) is 2. The summed E-state index contributed by atoms with van der Waals surface area (Å²) < 4.78 is 50.6. The summed E-state index contributed by atoms with van der Waals surface area (Å²) in [5.41, 5.74) is 1.80. The van der Waals surface area contributed by atoms with Gasteiger partial charge in [0.1, 0.15) is 17.2 Å². The van der Waals surface area contributed by atoms with Crippen LogP contribution in [-0.2, 0) is 24.6 Å². The van der Waals surface area contributed by atoms with Crippen molar-refractivity contribution in [1.29, 1.82) is 0 Å². The van der Waals surface area contributed by atoms with Gasteiger partial charge in [-0.05, 0) is 85.7 Å². The van der Waals surface area contributed by atoms with Crippen molar-refractivity contribution in [2.24, 2.45) is 23.7 Å². The average Bonchev–Trinajstić information content (AvgIpc) is 3.54. The fourth-order valence-electron chi connectivity index (χ4n) is 9.87. The van der Waals surface area contributed by atoms with E-state index in [0.29, 0.717) is 34.8 Å². The summed E-state index contributed by atoms with van der Waals surface area (Å²) in [6, 6.07) is 13.6. The van der Waals surface area contributed by atoms with E-state index in [1.54, 1.807) is 30.3 Å². The van der Waals surface area contributed by atoms with Gasteiger partial charge in [-0.25, -0.2) is 0 Å². The molecule has 2 heterocycles. The van der Waals surface area contributed by atoms with Gasteiger partial charge in [0.25, 0.3) is 11.8 Å². The number of hydrazine groups is 1. The molecule has 3 aromatic rings. The molecule has 55 heavy (non-hydrogen) atoms. The molecule has 4 fully saturated rings. The lowest BCUT2D eigenvalue weighted by atomic mass is 9.49. The van der Waals surface area contributed by atoms with E-state index in [4.69, 9.17) is 27.9 Å². The molecule has 0 spiro atoms. The molecule has 8 rings (SSSR count). The van der Waals surface area contributed by atoms with Gasteiger partial charge in [-0.1, -0.05) is 66.2 Å². The number of rotatable bonds is 7. The first-order chi connectivity index (χ1) is 26.2. The fraction of sp³-hybridized carbons (Fsp3) is 0.400. The van der Waals surface area contributed by atoms with Gasteiger partial charge < -0.3 is 14.6 Å². The number of anilines is 1. The molecule has 6 atom stereocenters. The molecule has 2 saturated carbocycles. The Morgan fingerprint density at radius 2 is 1.58 bits per heavy atom. The van der Waals surface area contributed by atoms with Crippen molar-refractivity contribution in [3.05, 3.63) is 93.5 Å². The molecule has 0 aromatic heterocycles. The number of carbonyl (C=O) groups excluding carboxylic acids is 4. The lowest BCUT2D eigenvalue weighted by Gasteiger charge is -2.50. The Labute approximate surface area is 324 Å². The molecule has 15 heteroatoms. The highest BCUT2D eigenvalue weighted by molar-refractivity contribution is 6.36. The number of carbonyl (C=O) groups is 4. The number of hydrogen-bond donors (Lipinski definition) is 2. The molecule has 2 saturated heterocycles. The molecule has 4 amide bonds. The predicted molar refractivity (Wildman–Crippen MR) is 194 cm³/mol. The summed E-state index contributed by atoms with van der Waals surface area (Å²) in [4.78, 5) is 60.3. The molecule has 3 aliphatic carbocycles. The van der Waals surface area contributed by atoms with Crippen LogP contribution >= 0.6 is 23.2 Å². The van der Waals surface area contributed by atoms with E-state index in [1.165, 1.54) is 30.2 Å². The summed E-state index contributed by atoms with van der Waals surface area (Å²) in [5.74, 6) is -7.73. The van der Waals surface area contributed by atoms with E-state index in [0.717, 1.165) is 42.5 Å². The number of aromatic hydroxyl groups is 1. The van der Waals surface area contributed by atoms with Gasteiger partial charge in [-0.2, -0.15) is 5.01 Å². The van der Waals surface area contributed by atoms with Gasteiger partial charge in [-0.15, -0.1) is 13.2 Å². The molecule has 0 unspecified atom stereocenters. The lowest BCUT2D eigenvalue weighted by molar-refractivity contribution is -0.274. The maximum absolute atomic E-state index is 15.4. The minimum atomic E-state index is -5.09. The zero-order valence-corrected chi connectivity index (χ0v) is 31.0. The summed E-state index contributed by atoms with van der Waals surface area (Å²) in [5, 5.41) is 12.8. The second-order valence-electron chi connectivity index (χ2n) is 14.8. The average molecular weight is 799 g/mol. The number of nitrogens with one attached hydrogen (secondary N) is 1. The highest BCUT2D eigenvalue weighted by Gasteiger charge is 2.71. The number of likely N-dealkylation sites (tertiary alicyclic amines) is 1. The molecule has 10 nitrogen and oxygen atoms in total. The largest absolute Gasteiger partial charge is 0.573 e. The third kappa shape index (κ3) is 6.01. The Balaban J connectivity index is 1.34. The Morgan fingerprint density at radius 1 is 0.873 bits per heavy atom. The number of halogens is 5. The zero-order chi connectivity index (χ0) is 39.0. The molecule has 2 aliphatic heterocycles. The molecule has 5 aliphatic rings. The van der Waals surface area contributed by atoms with Crippen LogP contribution in [0.3, 0.4) is 0 Å². The number of methoxy groups -OCH3 is 1. The number of fused-ring (bicyclic) bond motifs is 4. The molecular formula is C40H36Cl2F3N3O7. The standard InChI is InChI=1S/C40H36Cl2F3N3O7/c1-54-23-10-7-20(8-11-23)39-29(36(51)48(38(39)53)46-31-15-9-21(41)17-30(31)42)19-27-25(34(39)28-18-24(12-16-32(28)49)55-40(43,44)45)13-14-26-33(27)37(52)47(35(26)50)22-5-3-2-4-6-22/h7-13,15-18,22,26-27,29,33-34,46,49H,2-6,14,19H2,1H3/t26-,27+,29-,33-,34+,39+/m0/s1. The topological polar surface area (TPSA) is 125 Å². The van der Waals surface area contributed by atoms with Gasteiger partial charge >= 0.3 is 6.36 Å². The van der Waals surface area contributed by atoms with Crippen molar-refractivity contribution in [3.8, 4) is 17.2 Å². The van der Waals surface area contributed by atoms with Crippen LogP contribution in [0.2, 0.25) is 10.0 Å². The highest BCUT2D eigenvalue weighted by Crippen LogP contribution is 2.65. The van der Waals surface area contributed by atoms with Gasteiger partial charge in [0.05, 0.1) is 41.0 Å². The van der Waals surface area contributed by atoms with Crippen LogP contribution in [0.15, 0.2) is 72.3 Å². The normalized spacial score (nSPS) is 28.1. The third-order valence-corrected chi connectivity index (χ3v) is 12.6. The minimum absolute atomic E-state index is 0.0519. The Bertz CT molecular complexity index is 2120. The molecule has 2 N–H and O–H groups in total. The van der Waals surface area contributed by atoms with Gasteiger partial charge in [-0.3, -0.25) is 29.5 Å². The van der Waals surface area contributed by atoms with Crippen LogP contribution < -0.4 is 14.9 Å². The summed E-state index contributed by atoms with van der Waals surface area (Å²) in [6.45, 7) is 0. The molecule has 3 aromatic carbocycles. The van der Waals surface area contributed by atoms with Crippen LogP contribution in [0.5, 0.6) is 17.2 Å². The van der Waals surface area contributed by atoms with Crippen LogP contribution in [0.1, 0.15) is 62.0 Å². The van der Waals surface area contributed by atoms with Gasteiger partial charge in [0.15, 0.2) is 0 Å². The van der Waals surface area contributed by atoms with E-state index in [-0.39, 0.29) is 47.0 Å². The number of amides is 4. The molecule has 288 valence electrons. The van der Waals surface area contributed by atoms with E-state index in [9.17, 15) is 32.7 Å². The van der Waals surface area contributed by atoms with Crippen molar-refractivity contribution in [2.75, 3.05) is 12.5 Å². The number of ether oxygens (including phenoxy) is 2. The van der Waals surface area contributed by atoms with Gasteiger partial charge in [0, 0.05) is 22.5 Å². The van der Waals surface area contributed by atoms with Crippen LogP contribution in [0.4, 0.5) is 18.9 Å². The fourth-order valence-corrected chi connectivity index (χ4v) is 10.3. The van der Waals surface area contributed by atoms with Gasteiger partial charge in [0.2, 0.25) is 11.8 Å². The number of phenols is 1. The second kappa shape index (κ2) is 13.8. The maximum atomic E-state index is 15.4. The smallest absolute Gasteiger partial charge is 0.508 e. The molecular weight excluding hydrogens is 762 g/mol. The minimum Gasteiger partial charge on any atom is -0.508 e. The molecule has 0 radical (unpaired) electrons. The Morgan fingerprint density at radius 3 is 2.25 bits per heavy atom. The SMILES string of the molecule is COc1ccc([C@@]23C(=O)N(Nc4ccc(Cl)cc4Cl)C(=O)[C@@H]2C[C@@H]2C(=CC[C@@H]4C(=O)N(C5CCCCC5)C(=O)[C@@H]42)[C@@H]3c2cc(OC(F)(F)F)ccc2O)cc1. The van der Waals surface area contributed by atoms with E-state index >= 15 is 4.79 Å². The second-order valence-corrected chi connectivity index (χ2v) is 15.7. The summed E-state index contributed by atoms with van der Waals surface area (Å²) >= 11 is 12.6. The highest BCUT2D eigenvalue weighted by atomic mass is 35.5. The van der Waals surface area contributed by atoms with Crippen molar-refractivity contribution in [1.82, 2.24) is 9.91 Å². The van der Waals surface area contributed by atoms with Crippen LogP contribution in [-0.4, -0.2) is 58.2 Å². The van der Waals surface area contributed by atoms with Crippen LogP contribution in [0.25, 0.3) is 0 Å². The monoisotopic (exact) mass is 797 g/mol. The Kier molecular flexibility index (Phi) is 9.31. The number of allylic oxidation sites excluding steroid dienone is 2.